The Morgan fingerprint density at radius 1 is 1.05 bits per heavy atom. The zero-order valence-electron chi connectivity index (χ0n) is 12.2. The molecule has 0 aliphatic heterocycles. The molecule has 4 heteroatoms. The molecule has 19 heavy (non-hydrogen) atoms. The Morgan fingerprint density at radius 3 is 1.84 bits per heavy atom. The first kappa shape index (κ1) is 16.2. The van der Waals surface area contributed by atoms with Gasteiger partial charge in [-0.3, -0.25) is 0 Å². The van der Waals surface area contributed by atoms with Crippen molar-refractivity contribution in [3.63, 3.8) is 0 Å². The van der Waals surface area contributed by atoms with E-state index < -0.39 is 15.9 Å². The van der Waals surface area contributed by atoms with Crippen LogP contribution in [0.15, 0.2) is 12.1 Å². The number of aliphatic hydroxyl groups is 1. The van der Waals surface area contributed by atoms with Gasteiger partial charge in [-0.2, -0.15) is 0 Å². The first-order chi connectivity index (χ1) is 8.82. The Bertz CT molecular complexity index is 507. The van der Waals surface area contributed by atoms with Gasteiger partial charge in [-0.25, -0.2) is 8.42 Å². The molecule has 0 amide bonds. The Hall–Kier alpha value is -0.870. The second-order valence-corrected chi connectivity index (χ2v) is 7.18. The predicted molar refractivity (Wildman–Crippen MR) is 79.2 cm³/mol. The number of aryl methyl sites for hydroxylation is 3. The van der Waals surface area contributed by atoms with Crippen molar-refractivity contribution in [2.24, 2.45) is 0 Å². The molecule has 0 fully saturated rings. The van der Waals surface area contributed by atoms with Crippen molar-refractivity contribution < 1.29 is 13.5 Å². The normalized spacial score (nSPS) is 13.5. The van der Waals surface area contributed by atoms with Crippen LogP contribution in [0.5, 0.6) is 0 Å². The largest absolute Gasteiger partial charge is 0.387 e. The third-order valence-corrected chi connectivity index (χ3v) is 4.30. The van der Waals surface area contributed by atoms with Gasteiger partial charge in [0, 0.05) is 6.26 Å². The zero-order valence-corrected chi connectivity index (χ0v) is 13.0. The summed E-state index contributed by atoms with van der Waals surface area (Å²) in [4.78, 5) is 0. The van der Waals surface area contributed by atoms with E-state index in [1.807, 2.05) is 13.8 Å². The summed E-state index contributed by atoms with van der Waals surface area (Å²) in [5.41, 5.74) is 4.18. The Kier molecular flexibility index (Phi) is 5.56. The van der Waals surface area contributed by atoms with Crippen LogP contribution in [0.1, 0.15) is 49.1 Å². The Morgan fingerprint density at radius 2 is 1.53 bits per heavy atom. The van der Waals surface area contributed by atoms with E-state index in [1.54, 1.807) is 0 Å². The number of hydrogen-bond acceptors (Lipinski definition) is 3. The fraction of sp³-hybridized carbons (Fsp3) is 0.600. The van der Waals surface area contributed by atoms with Gasteiger partial charge in [-0.1, -0.05) is 32.9 Å². The van der Waals surface area contributed by atoms with Gasteiger partial charge in [0.2, 0.25) is 0 Å². The van der Waals surface area contributed by atoms with E-state index in [0.717, 1.165) is 42.2 Å². The van der Waals surface area contributed by atoms with Crippen LogP contribution >= 0.6 is 0 Å². The van der Waals surface area contributed by atoms with E-state index in [2.05, 4.69) is 19.1 Å². The van der Waals surface area contributed by atoms with E-state index >= 15 is 0 Å². The molecule has 1 atom stereocenters. The summed E-state index contributed by atoms with van der Waals surface area (Å²) in [6.07, 6.45) is 2.79. The molecule has 1 aromatic rings. The van der Waals surface area contributed by atoms with Crippen LogP contribution in [0, 0.1) is 0 Å². The molecular weight excluding hydrogens is 260 g/mol. The van der Waals surface area contributed by atoms with E-state index in [-0.39, 0.29) is 5.75 Å². The minimum atomic E-state index is -3.19. The summed E-state index contributed by atoms with van der Waals surface area (Å²) in [6, 6.07) is 4.17. The van der Waals surface area contributed by atoms with Gasteiger partial charge in [-0.05, 0) is 41.5 Å². The van der Waals surface area contributed by atoms with E-state index in [9.17, 15) is 13.5 Å². The summed E-state index contributed by atoms with van der Waals surface area (Å²) in [5.74, 6) is -0.210. The van der Waals surface area contributed by atoms with Crippen LogP contribution in [0.2, 0.25) is 0 Å². The predicted octanol–water partition coefficient (Wildman–Crippen LogP) is 2.45. The molecule has 0 aromatic heterocycles. The van der Waals surface area contributed by atoms with E-state index in [4.69, 9.17) is 0 Å². The summed E-state index contributed by atoms with van der Waals surface area (Å²) in [5, 5.41) is 10.3. The van der Waals surface area contributed by atoms with Crippen molar-refractivity contribution in [3.05, 3.63) is 34.4 Å². The Balaban J connectivity index is 3.31. The van der Waals surface area contributed by atoms with Crippen LogP contribution in [0.4, 0.5) is 0 Å². The molecule has 1 unspecified atom stereocenters. The lowest BCUT2D eigenvalue weighted by Crippen LogP contribution is -2.16. The maximum Gasteiger partial charge on any atom is 0.150 e. The highest BCUT2D eigenvalue weighted by atomic mass is 32.2. The first-order valence-corrected chi connectivity index (χ1v) is 8.88. The smallest absolute Gasteiger partial charge is 0.150 e. The molecule has 0 spiro atoms. The second kappa shape index (κ2) is 6.53. The van der Waals surface area contributed by atoms with Crippen molar-refractivity contribution >= 4 is 9.84 Å². The monoisotopic (exact) mass is 284 g/mol. The standard InChI is InChI=1S/C15H24O3S/c1-5-11-8-12(6-2)15(13(7-3)9-11)14(16)10-19(4,17)18/h8-9,14,16H,5-7,10H2,1-4H3. The lowest BCUT2D eigenvalue weighted by Gasteiger charge is -2.20. The van der Waals surface area contributed by atoms with Crippen molar-refractivity contribution in [2.75, 3.05) is 12.0 Å². The third kappa shape index (κ3) is 4.32. The molecular formula is C15H24O3S. The molecule has 3 nitrogen and oxygen atoms in total. The van der Waals surface area contributed by atoms with E-state index in [1.165, 1.54) is 5.56 Å². The van der Waals surface area contributed by atoms with Gasteiger partial charge >= 0.3 is 0 Å². The minimum absolute atomic E-state index is 0.210. The third-order valence-electron chi connectivity index (χ3n) is 3.38. The van der Waals surface area contributed by atoms with Crippen molar-refractivity contribution in [3.8, 4) is 0 Å². The van der Waals surface area contributed by atoms with Crippen molar-refractivity contribution in [1.29, 1.82) is 0 Å². The number of benzene rings is 1. The molecule has 1 rings (SSSR count). The number of hydrogen-bond donors (Lipinski definition) is 1. The average molecular weight is 284 g/mol. The maximum absolute atomic E-state index is 11.4. The highest BCUT2D eigenvalue weighted by Crippen LogP contribution is 2.27. The zero-order chi connectivity index (χ0) is 14.6. The lowest BCUT2D eigenvalue weighted by molar-refractivity contribution is 0.199. The number of aliphatic hydroxyl groups excluding tert-OH is 1. The van der Waals surface area contributed by atoms with E-state index in [0.29, 0.717) is 0 Å². The molecule has 0 heterocycles. The number of sulfone groups is 1. The van der Waals surface area contributed by atoms with Crippen LogP contribution in [0.3, 0.4) is 0 Å². The highest BCUT2D eigenvalue weighted by Gasteiger charge is 2.20. The number of rotatable bonds is 6. The summed E-state index contributed by atoms with van der Waals surface area (Å²) < 4.78 is 22.8. The van der Waals surface area contributed by atoms with Gasteiger partial charge in [-0.15, -0.1) is 0 Å². The fourth-order valence-corrected chi connectivity index (χ4v) is 3.18. The SMILES string of the molecule is CCc1cc(CC)c(C(O)CS(C)(=O)=O)c(CC)c1. The summed E-state index contributed by atoms with van der Waals surface area (Å²) in [7, 11) is -3.19. The molecule has 0 aliphatic carbocycles. The van der Waals surface area contributed by atoms with Crippen LogP contribution in [0.25, 0.3) is 0 Å². The lowest BCUT2D eigenvalue weighted by atomic mass is 9.91. The molecule has 0 aliphatic rings. The Labute approximate surface area is 116 Å². The molecule has 0 radical (unpaired) electrons. The second-order valence-electron chi connectivity index (χ2n) is 5.00. The van der Waals surface area contributed by atoms with Gasteiger partial charge in [0.15, 0.2) is 0 Å². The van der Waals surface area contributed by atoms with Crippen LogP contribution in [-0.4, -0.2) is 25.5 Å². The van der Waals surface area contributed by atoms with Crippen LogP contribution < -0.4 is 0 Å². The van der Waals surface area contributed by atoms with Gasteiger partial charge < -0.3 is 5.11 Å². The fourth-order valence-electron chi connectivity index (χ4n) is 2.44. The first-order valence-electron chi connectivity index (χ1n) is 6.82. The molecule has 0 saturated heterocycles. The average Bonchev–Trinajstić information content (AvgIpc) is 2.34. The van der Waals surface area contributed by atoms with Gasteiger partial charge in [0.05, 0.1) is 11.9 Å². The van der Waals surface area contributed by atoms with Gasteiger partial charge in [0.25, 0.3) is 0 Å². The molecule has 108 valence electrons. The summed E-state index contributed by atoms with van der Waals surface area (Å²) >= 11 is 0. The highest BCUT2D eigenvalue weighted by molar-refractivity contribution is 7.90. The summed E-state index contributed by atoms with van der Waals surface area (Å²) in [6.45, 7) is 6.16. The molecule has 0 bridgehead atoms. The van der Waals surface area contributed by atoms with Crippen LogP contribution in [-0.2, 0) is 29.1 Å². The maximum atomic E-state index is 11.4. The van der Waals surface area contributed by atoms with Crippen molar-refractivity contribution in [1.82, 2.24) is 0 Å². The topological polar surface area (TPSA) is 54.4 Å². The molecule has 0 saturated carbocycles. The molecule has 1 N–H and O–H groups in total. The quantitative estimate of drug-likeness (QED) is 0.873. The minimum Gasteiger partial charge on any atom is -0.387 e. The van der Waals surface area contributed by atoms with Crippen molar-refractivity contribution in [2.45, 2.75) is 46.1 Å². The van der Waals surface area contributed by atoms with Gasteiger partial charge in [0.1, 0.15) is 9.84 Å². The molecule has 1 aromatic carbocycles.